The van der Waals surface area contributed by atoms with Crippen molar-refractivity contribution < 1.29 is 19.3 Å². The molecule has 0 radical (unpaired) electrons. The average Bonchev–Trinajstić information content (AvgIpc) is 3.08. The summed E-state index contributed by atoms with van der Waals surface area (Å²) in [7, 11) is 1.36. The lowest BCUT2D eigenvalue weighted by Crippen LogP contribution is -2.53. The Labute approximate surface area is 195 Å². The number of nitrogens with zero attached hydrogens (tertiary/aromatic N) is 3. The number of benzene rings is 3. The van der Waals surface area contributed by atoms with Gasteiger partial charge in [-0.25, -0.2) is 0 Å². The summed E-state index contributed by atoms with van der Waals surface area (Å²) in [4.78, 5) is 24.1. The van der Waals surface area contributed by atoms with Crippen LogP contribution in [-0.2, 0) is 0 Å². The molecule has 2 aliphatic rings. The molecule has 0 saturated carbocycles. The van der Waals surface area contributed by atoms with Crippen LogP contribution in [0.1, 0.15) is 30.9 Å². The molecule has 5 rings (SSSR count). The highest BCUT2D eigenvalue weighted by molar-refractivity contribution is 5.85. The lowest BCUT2D eigenvalue weighted by molar-refractivity contribution is -0.422. The molecule has 0 saturated heterocycles. The van der Waals surface area contributed by atoms with Crippen LogP contribution in [0.5, 0.6) is 11.5 Å². The van der Waals surface area contributed by atoms with Crippen LogP contribution in [0.25, 0.3) is 6.08 Å². The van der Waals surface area contributed by atoms with E-state index in [1.807, 2.05) is 68.4 Å². The maximum Gasteiger partial charge on any atom is 0.357 e. The van der Waals surface area contributed by atoms with E-state index in [-0.39, 0.29) is 23.0 Å². The number of nitro benzene ring substituents is 2. The molecule has 0 aliphatic carbocycles. The van der Waals surface area contributed by atoms with E-state index in [4.69, 9.17) is 9.47 Å². The SMILES string of the molecule is COc1cc([N+](=O)[O-])c([N+](=O)[O-])c2c1OC1(C(C)=C2)C(C)c2ccccc2N1c1ccccc1. The van der Waals surface area contributed by atoms with Gasteiger partial charge in [0.1, 0.15) is 5.56 Å². The molecule has 34 heavy (non-hydrogen) atoms. The first-order chi connectivity index (χ1) is 16.3. The smallest absolute Gasteiger partial charge is 0.357 e. The van der Waals surface area contributed by atoms with Gasteiger partial charge in [-0.1, -0.05) is 43.3 Å². The quantitative estimate of drug-likeness (QED) is 0.350. The molecule has 0 amide bonds. The van der Waals surface area contributed by atoms with Crippen LogP contribution in [0.3, 0.4) is 0 Å². The molecule has 172 valence electrons. The number of anilines is 2. The molecule has 3 aromatic rings. The van der Waals surface area contributed by atoms with Gasteiger partial charge < -0.3 is 9.47 Å². The van der Waals surface area contributed by atoms with Crippen molar-refractivity contribution in [1.82, 2.24) is 0 Å². The number of methoxy groups -OCH3 is 1. The van der Waals surface area contributed by atoms with Crippen molar-refractivity contribution in [2.45, 2.75) is 25.5 Å². The van der Waals surface area contributed by atoms with Gasteiger partial charge in [0.05, 0.1) is 23.0 Å². The van der Waals surface area contributed by atoms with E-state index in [0.29, 0.717) is 5.57 Å². The average molecular weight is 459 g/mol. The summed E-state index contributed by atoms with van der Waals surface area (Å²) in [6.45, 7) is 3.87. The van der Waals surface area contributed by atoms with Gasteiger partial charge in [-0.2, -0.15) is 0 Å². The van der Waals surface area contributed by atoms with Gasteiger partial charge >= 0.3 is 11.4 Å². The zero-order valence-electron chi connectivity index (χ0n) is 18.7. The predicted octanol–water partition coefficient (Wildman–Crippen LogP) is 5.96. The minimum Gasteiger partial charge on any atom is -0.493 e. The molecule has 2 unspecified atom stereocenters. The third kappa shape index (κ3) is 2.79. The number of para-hydroxylation sites is 2. The Balaban J connectivity index is 1.82. The first-order valence-corrected chi connectivity index (χ1v) is 10.7. The Hall–Kier alpha value is -4.40. The zero-order valence-corrected chi connectivity index (χ0v) is 18.7. The van der Waals surface area contributed by atoms with Crippen LogP contribution >= 0.6 is 0 Å². The van der Waals surface area contributed by atoms with Crippen molar-refractivity contribution >= 4 is 28.8 Å². The number of fused-ring (bicyclic) bond motifs is 2. The molecule has 2 aliphatic heterocycles. The second kappa shape index (κ2) is 7.58. The fourth-order valence-corrected chi connectivity index (χ4v) is 5.11. The summed E-state index contributed by atoms with van der Waals surface area (Å²) in [6.07, 6.45) is 1.62. The third-order valence-corrected chi connectivity index (χ3v) is 6.59. The second-order valence-corrected chi connectivity index (χ2v) is 8.28. The summed E-state index contributed by atoms with van der Waals surface area (Å²) in [5.41, 5.74) is 1.26. The highest BCUT2D eigenvalue weighted by Gasteiger charge is 2.56. The highest BCUT2D eigenvalue weighted by atomic mass is 16.6. The van der Waals surface area contributed by atoms with E-state index in [9.17, 15) is 20.2 Å². The van der Waals surface area contributed by atoms with Gasteiger partial charge in [0.15, 0.2) is 11.5 Å². The van der Waals surface area contributed by atoms with Crippen LogP contribution < -0.4 is 14.4 Å². The number of rotatable bonds is 4. The topological polar surface area (TPSA) is 108 Å². The maximum absolute atomic E-state index is 11.9. The molecule has 0 fully saturated rings. The molecule has 3 aromatic carbocycles. The van der Waals surface area contributed by atoms with Crippen molar-refractivity contribution in [2.24, 2.45) is 0 Å². The Morgan fingerprint density at radius 1 is 1.03 bits per heavy atom. The predicted molar refractivity (Wildman–Crippen MR) is 127 cm³/mol. The second-order valence-electron chi connectivity index (χ2n) is 8.28. The van der Waals surface area contributed by atoms with Gasteiger partial charge in [0.2, 0.25) is 5.72 Å². The van der Waals surface area contributed by atoms with E-state index in [1.165, 1.54) is 7.11 Å². The largest absolute Gasteiger partial charge is 0.493 e. The first-order valence-electron chi connectivity index (χ1n) is 10.7. The number of hydrogen-bond donors (Lipinski definition) is 0. The van der Waals surface area contributed by atoms with E-state index in [0.717, 1.165) is 23.0 Å². The van der Waals surface area contributed by atoms with Crippen molar-refractivity contribution in [1.29, 1.82) is 0 Å². The summed E-state index contributed by atoms with van der Waals surface area (Å²) in [5, 5.41) is 23.5. The molecular weight excluding hydrogens is 438 g/mol. The minimum atomic E-state index is -1.06. The molecule has 0 N–H and O–H groups in total. The highest BCUT2D eigenvalue weighted by Crippen LogP contribution is 2.59. The Bertz CT molecular complexity index is 1370. The zero-order chi connectivity index (χ0) is 24.2. The van der Waals surface area contributed by atoms with Crippen molar-refractivity contribution in [3.8, 4) is 11.5 Å². The molecule has 0 aromatic heterocycles. The monoisotopic (exact) mass is 459 g/mol. The van der Waals surface area contributed by atoms with Crippen molar-refractivity contribution in [3.05, 3.63) is 97.6 Å². The lowest BCUT2D eigenvalue weighted by Gasteiger charge is -2.45. The summed E-state index contributed by atoms with van der Waals surface area (Å²) in [5.74, 6) is -0.00941. The van der Waals surface area contributed by atoms with Crippen LogP contribution in [0, 0.1) is 20.2 Å². The van der Waals surface area contributed by atoms with Gasteiger partial charge in [-0.15, -0.1) is 0 Å². The number of nitro groups is 2. The van der Waals surface area contributed by atoms with Crippen LogP contribution in [0.2, 0.25) is 0 Å². The fourth-order valence-electron chi connectivity index (χ4n) is 5.11. The fraction of sp³-hybridized carbons (Fsp3) is 0.200. The Kier molecular flexibility index (Phi) is 4.78. The molecule has 2 atom stereocenters. The standard InChI is InChI=1S/C25H21N3O6/c1-15-13-19-23(28(31)32)21(27(29)30)14-22(33-3)24(19)34-25(15)16(2)18-11-7-8-12-20(18)26(25)17-9-5-4-6-10-17/h4-14,16H,1-3H3. The Morgan fingerprint density at radius 2 is 1.71 bits per heavy atom. The van der Waals surface area contributed by atoms with E-state index in [2.05, 4.69) is 4.90 Å². The normalized spacial score (nSPS) is 20.3. The first kappa shape index (κ1) is 21.4. The van der Waals surface area contributed by atoms with Gasteiger partial charge in [-0.3, -0.25) is 25.1 Å². The van der Waals surface area contributed by atoms with Gasteiger partial charge in [0.25, 0.3) is 0 Å². The lowest BCUT2D eigenvalue weighted by atomic mass is 9.85. The van der Waals surface area contributed by atoms with Crippen molar-refractivity contribution in [2.75, 3.05) is 12.0 Å². The molecule has 1 spiro atoms. The molecule has 9 heteroatoms. The van der Waals surface area contributed by atoms with E-state index >= 15 is 0 Å². The number of hydrogen-bond acceptors (Lipinski definition) is 7. The molecular formula is C25H21N3O6. The third-order valence-electron chi connectivity index (χ3n) is 6.59. The minimum absolute atomic E-state index is 0.0235. The van der Waals surface area contributed by atoms with E-state index in [1.54, 1.807) is 6.08 Å². The maximum atomic E-state index is 11.9. The van der Waals surface area contributed by atoms with Crippen molar-refractivity contribution in [3.63, 3.8) is 0 Å². The van der Waals surface area contributed by atoms with Crippen LogP contribution in [0.4, 0.5) is 22.7 Å². The molecule has 0 bridgehead atoms. The summed E-state index contributed by atoms with van der Waals surface area (Å²) < 4.78 is 12.1. The summed E-state index contributed by atoms with van der Waals surface area (Å²) in [6, 6.07) is 18.7. The summed E-state index contributed by atoms with van der Waals surface area (Å²) >= 11 is 0. The molecule has 9 nitrogen and oxygen atoms in total. The van der Waals surface area contributed by atoms with Gasteiger partial charge in [-0.05, 0) is 42.3 Å². The van der Waals surface area contributed by atoms with Crippen LogP contribution in [0.15, 0.2) is 66.2 Å². The van der Waals surface area contributed by atoms with E-state index < -0.39 is 26.9 Å². The number of ether oxygens (including phenoxy) is 2. The van der Waals surface area contributed by atoms with Crippen LogP contribution in [-0.4, -0.2) is 22.7 Å². The Morgan fingerprint density at radius 3 is 2.35 bits per heavy atom. The molecule has 2 heterocycles. The van der Waals surface area contributed by atoms with Gasteiger partial charge in [0, 0.05) is 17.3 Å².